The van der Waals surface area contributed by atoms with Crippen LogP contribution in [0.1, 0.15) is 32.0 Å². The lowest BCUT2D eigenvalue weighted by molar-refractivity contribution is 0.0938. The minimum absolute atomic E-state index is 0.106. The number of amides is 1. The van der Waals surface area contributed by atoms with E-state index in [1.165, 1.54) is 23.1 Å². The van der Waals surface area contributed by atoms with Gasteiger partial charge >= 0.3 is 0 Å². The average molecular weight is 433 g/mol. The topological polar surface area (TPSA) is 59.8 Å². The SMILES string of the molecule is C=C(Cl)CSc1nnc(C(Cc2ccccc2)NC(=O)c2ccc(C)s2)n1C. The van der Waals surface area contributed by atoms with E-state index >= 15 is 0 Å². The van der Waals surface area contributed by atoms with Crippen LogP contribution in [0.3, 0.4) is 0 Å². The minimum Gasteiger partial charge on any atom is -0.341 e. The molecule has 3 aromatic rings. The Kier molecular flexibility index (Phi) is 6.93. The van der Waals surface area contributed by atoms with Gasteiger partial charge in [0, 0.05) is 22.7 Å². The summed E-state index contributed by atoms with van der Waals surface area (Å²) < 4.78 is 1.90. The summed E-state index contributed by atoms with van der Waals surface area (Å²) in [4.78, 5) is 14.6. The second kappa shape index (κ2) is 9.41. The normalized spacial score (nSPS) is 12.0. The number of hydrogen-bond donors (Lipinski definition) is 1. The number of carbonyl (C=O) groups excluding carboxylic acids is 1. The van der Waals surface area contributed by atoms with Gasteiger partial charge in [-0.05, 0) is 31.0 Å². The Morgan fingerprint density at radius 3 is 2.68 bits per heavy atom. The molecule has 0 aliphatic heterocycles. The van der Waals surface area contributed by atoms with Crippen molar-refractivity contribution in [1.29, 1.82) is 0 Å². The van der Waals surface area contributed by atoms with Crippen LogP contribution < -0.4 is 5.32 Å². The van der Waals surface area contributed by atoms with Crippen molar-refractivity contribution in [3.05, 3.63) is 75.2 Å². The van der Waals surface area contributed by atoms with Gasteiger partial charge in [0.25, 0.3) is 5.91 Å². The summed E-state index contributed by atoms with van der Waals surface area (Å²) in [7, 11) is 1.90. The molecule has 8 heteroatoms. The number of aryl methyl sites for hydroxylation is 1. The first-order valence-corrected chi connectivity index (χ1v) is 10.9. The Bertz CT molecular complexity index is 968. The highest BCUT2D eigenvalue weighted by Gasteiger charge is 2.23. The number of aromatic nitrogens is 3. The molecule has 1 amide bonds. The largest absolute Gasteiger partial charge is 0.341 e. The fourth-order valence-corrected chi connectivity index (χ4v) is 4.35. The molecule has 0 spiro atoms. The minimum atomic E-state index is -0.302. The zero-order valence-electron chi connectivity index (χ0n) is 15.7. The highest BCUT2D eigenvalue weighted by molar-refractivity contribution is 7.99. The molecule has 0 saturated carbocycles. The number of thioether (sulfide) groups is 1. The number of hydrogen-bond acceptors (Lipinski definition) is 5. The summed E-state index contributed by atoms with van der Waals surface area (Å²) in [6.45, 7) is 5.69. The number of rotatable bonds is 8. The predicted octanol–water partition coefficient (Wildman–Crippen LogP) is 4.74. The van der Waals surface area contributed by atoms with Gasteiger partial charge in [-0.15, -0.1) is 21.5 Å². The van der Waals surface area contributed by atoms with Gasteiger partial charge in [0.2, 0.25) is 0 Å². The van der Waals surface area contributed by atoms with Crippen molar-refractivity contribution in [2.75, 3.05) is 5.75 Å². The van der Waals surface area contributed by atoms with Crippen LogP contribution in [0.25, 0.3) is 0 Å². The van der Waals surface area contributed by atoms with E-state index in [2.05, 4.69) is 22.1 Å². The first-order valence-electron chi connectivity index (χ1n) is 8.70. The number of nitrogens with one attached hydrogen (secondary N) is 1. The van der Waals surface area contributed by atoms with Crippen LogP contribution in [0.15, 0.2) is 59.2 Å². The standard InChI is InChI=1S/C20H21ClN4OS2/c1-13(21)12-27-20-24-23-18(25(20)3)16(11-15-7-5-4-6-8-15)22-19(26)17-10-9-14(2)28-17/h4-10,16H,1,11-12H2,2-3H3,(H,22,26). The van der Waals surface area contributed by atoms with Gasteiger partial charge in [0.15, 0.2) is 11.0 Å². The van der Waals surface area contributed by atoms with E-state index in [1.54, 1.807) is 0 Å². The van der Waals surface area contributed by atoms with Gasteiger partial charge in [-0.1, -0.05) is 60.3 Å². The molecule has 2 heterocycles. The fourth-order valence-electron chi connectivity index (χ4n) is 2.74. The Morgan fingerprint density at radius 1 is 1.29 bits per heavy atom. The second-order valence-corrected chi connectivity index (χ2v) is 9.10. The molecule has 0 aliphatic rings. The Labute approximate surface area is 177 Å². The second-order valence-electron chi connectivity index (χ2n) is 6.33. The van der Waals surface area contributed by atoms with Gasteiger partial charge in [-0.25, -0.2) is 0 Å². The maximum atomic E-state index is 12.8. The van der Waals surface area contributed by atoms with E-state index < -0.39 is 0 Å². The molecule has 28 heavy (non-hydrogen) atoms. The molecule has 0 saturated heterocycles. The van der Waals surface area contributed by atoms with E-state index in [0.29, 0.717) is 27.9 Å². The zero-order valence-corrected chi connectivity index (χ0v) is 18.1. The summed E-state index contributed by atoms with van der Waals surface area (Å²) in [6, 6.07) is 13.5. The molecule has 0 aliphatic carbocycles. The number of benzene rings is 1. The molecule has 146 valence electrons. The number of thiophene rings is 1. The van der Waals surface area contributed by atoms with Crippen LogP contribution in [-0.2, 0) is 13.5 Å². The van der Waals surface area contributed by atoms with E-state index in [4.69, 9.17) is 11.6 Å². The van der Waals surface area contributed by atoms with Crippen molar-refractivity contribution in [3.8, 4) is 0 Å². The van der Waals surface area contributed by atoms with Gasteiger partial charge in [-0.3, -0.25) is 4.79 Å². The maximum Gasteiger partial charge on any atom is 0.261 e. The summed E-state index contributed by atoms with van der Waals surface area (Å²) in [5, 5.41) is 13.0. The third-order valence-corrected chi connectivity index (χ3v) is 6.49. The Hall–Kier alpha value is -2.09. The van der Waals surface area contributed by atoms with E-state index in [-0.39, 0.29) is 11.9 Å². The third kappa shape index (κ3) is 5.25. The summed E-state index contributed by atoms with van der Waals surface area (Å²) >= 11 is 8.81. The number of carbonyl (C=O) groups is 1. The van der Waals surface area contributed by atoms with Crippen LogP contribution in [0, 0.1) is 6.92 Å². The quantitative estimate of drug-likeness (QED) is 0.522. The highest BCUT2D eigenvalue weighted by atomic mass is 35.5. The fraction of sp³-hybridized carbons (Fsp3) is 0.250. The maximum absolute atomic E-state index is 12.8. The van der Waals surface area contributed by atoms with Crippen molar-refractivity contribution < 1.29 is 4.79 Å². The van der Waals surface area contributed by atoms with Crippen molar-refractivity contribution in [2.24, 2.45) is 7.05 Å². The summed E-state index contributed by atoms with van der Waals surface area (Å²) in [6.07, 6.45) is 0.621. The van der Waals surface area contributed by atoms with Crippen LogP contribution in [0.5, 0.6) is 0 Å². The third-order valence-electron chi connectivity index (χ3n) is 4.09. The van der Waals surface area contributed by atoms with Crippen LogP contribution >= 0.6 is 34.7 Å². The molecule has 1 aromatic carbocycles. The van der Waals surface area contributed by atoms with E-state index in [0.717, 1.165) is 15.6 Å². The molecular formula is C20H21ClN4OS2. The monoisotopic (exact) mass is 432 g/mol. The molecule has 1 N–H and O–H groups in total. The number of halogens is 1. The number of nitrogens with zero attached hydrogens (tertiary/aromatic N) is 3. The smallest absolute Gasteiger partial charge is 0.261 e. The lowest BCUT2D eigenvalue weighted by Crippen LogP contribution is -2.31. The predicted molar refractivity (Wildman–Crippen MR) is 116 cm³/mol. The molecule has 0 fully saturated rings. The Morgan fingerprint density at radius 2 is 2.04 bits per heavy atom. The van der Waals surface area contributed by atoms with Gasteiger partial charge in [-0.2, -0.15) is 0 Å². The molecule has 5 nitrogen and oxygen atoms in total. The van der Waals surface area contributed by atoms with Gasteiger partial charge in [0.05, 0.1) is 10.9 Å². The van der Waals surface area contributed by atoms with Crippen LogP contribution in [0.4, 0.5) is 0 Å². The lowest BCUT2D eigenvalue weighted by atomic mass is 10.1. The molecule has 0 radical (unpaired) electrons. The molecule has 2 aromatic heterocycles. The molecule has 3 rings (SSSR count). The first-order chi connectivity index (χ1) is 13.4. The summed E-state index contributed by atoms with van der Waals surface area (Å²) in [5.74, 6) is 1.15. The van der Waals surface area contributed by atoms with Crippen molar-refractivity contribution in [1.82, 2.24) is 20.1 Å². The molecule has 1 unspecified atom stereocenters. The lowest BCUT2D eigenvalue weighted by Gasteiger charge is -2.18. The molecular weight excluding hydrogens is 412 g/mol. The summed E-state index contributed by atoms with van der Waals surface area (Å²) in [5.41, 5.74) is 1.11. The van der Waals surface area contributed by atoms with E-state index in [1.807, 2.05) is 61.0 Å². The van der Waals surface area contributed by atoms with Crippen molar-refractivity contribution >= 4 is 40.6 Å². The van der Waals surface area contributed by atoms with Crippen LogP contribution in [-0.4, -0.2) is 26.4 Å². The van der Waals surface area contributed by atoms with Gasteiger partial charge < -0.3 is 9.88 Å². The van der Waals surface area contributed by atoms with Crippen molar-refractivity contribution in [3.63, 3.8) is 0 Å². The molecule has 0 bridgehead atoms. The van der Waals surface area contributed by atoms with E-state index in [9.17, 15) is 4.79 Å². The first kappa shape index (κ1) is 20.6. The zero-order chi connectivity index (χ0) is 20.1. The Balaban J connectivity index is 1.85. The van der Waals surface area contributed by atoms with Crippen LogP contribution in [0.2, 0.25) is 0 Å². The average Bonchev–Trinajstić information content (AvgIpc) is 3.26. The molecule has 1 atom stereocenters. The highest BCUT2D eigenvalue weighted by Crippen LogP contribution is 2.24. The van der Waals surface area contributed by atoms with Crippen molar-refractivity contribution in [2.45, 2.75) is 24.5 Å². The van der Waals surface area contributed by atoms with Gasteiger partial charge in [0.1, 0.15) is 0 Å².